The van der Waals surface area contributed by atoms with Gasteiger partial charge in [0.15, 0.2) is 0 Å². The molecule has 6 heteroatoms. The second kappa shape index (κ2) is 2.69. The van der Waals surface area contributed by atoms with E-state index in [1.807, 2.05) is 0 Å². The van der Waals surface area contributed by atoms with Crippen LogP contribution >= 0.6 is 0 Å². The molecule has 3 N–H and O–H groups in total. The van der Waals surface area contributed by atoms with Crippen LogP contribution in [0.2, 0.25) is 0 Å². The average Bonchev–Trinajstić information content (AvgIpc) is 2.46. The molecule has 0 spiro atoms. The first kappa shape index (κ1) is 8.49. The molecule has 0 fully saturated rings. The molecule has 0 atom stereocenters. The van der Waals surface area contributed by atoms with Crippen LogP contribution in [0, 0.1) is 0 Å². The van der Waals surface area contributed by atoms with Gasteiger partial charge in [-0.3, -0.25) is 0 Å². The molecule has 1 aromatic carbocycles. The Hall–Kier alpha value is -2.11. The zero-order chi connectivity index (χ0) is 10.3. The standard InChI is InChI=1S/C8H8N4O2/c1-12-7-3-5(9)4(8(13)14)2-6(7)10-11-12/h2-3H,9H2,1H3,(H,13,14). The highest BCUT2D eigenvalue weighted by atomic mass is 16.4. The fourth-order valence-electron chi connectivity index (χ4n) is 1.28. The second-order valence-corrected chi connectivity index (χ2v) is 2.95. The number of carbonyl (C=O) groups is 1. The van der Waals surface area contributed by atoms with Crippen molar-refractivity contribution in [2.75, 3.05) is 5.73 Å². The minimum absolute atomic E-state index is 0.0537. The zero-order valence-corrected chi connectivity index (χ0v) is 7.43. The number of aryl methyl sites for hydroxylation is 1. The van der Waals surface area contributed by atoms with E-state index in [1.165, 1.54) is 10.7 Å². The Balaban J connectivity index is 2.79. The van der Waals surface area contributed by atoms with Gasteiger partial charge in [0.25, 0.3) is 0 Å². The summed E-state index contributed by atoms with van der Waals surface area (Å²) in [7, 11) is 1.72. The van der Waals surface area contributed by atoms with E-state index in [0.717, 1.165) is 0 Å². The van der Waals surface area contributed by atoms with Crippen LogP contribution in [-0.4, -0.2) is 26.1 Å². The maximum Gasteiger partial charge on any atom is 0.337 e. The Morgan fingerprint density at radius 2 is 2.29 bits per heavy atom. The van der Waals surface area contributed by atoms with E-state index in [1.54, 1.807) is 13.1 Å². The van der Waals surface area contributed by atoms with Crippen molar-refractivity contribution in [1.29, 1.82) is 0 Å². The summed E-state index contributed by atoms with van der Waals surface area (Å²) >= 11 is 0. The lowest BCUT2D eigenvalue weighted by Crippen LogP contribution is -2.02. The number of carboxylic acids is 1. The van der Waals surface area contributed by atoms with Crippen LogP contribution in [0.15, 0.2) is 12.1 Å². The molecular weight excluding hydrogens is 184 g/mol. The molecule has 0 radical (unpaired) electrons. The van der Waals surface area contributed by atoms with E-state index >= 15 is 0 Å². The highest BCUT2D eigenvalue weighted by Gasteiger charge is 2.11. The zero-order valence-electron chi connectivity index (χ0n) is 7.43. The predicted molar refractivity (Wildman–Crippen MR) is 49.9 cm³/mol. The summed E-state index contributed by atoms with van der Waals surface area (Å²) in [5.41, 5.74) is 7.08. The van der Waals surface area contributed by atoms with Gasteiger partial charge in [-0.1, -0.05) is 5.21 Å². The monoisotopic (exact) mass is 192 g/mol. The molecule has 0 aliphatic heterocycles. The minimum Gasteiger partial charge on any atom is -0.478 e. The molecule has 1 heterocycles. The normalized spacial score (nSPS) is 10.6. The van der Waals surface area contributed by atoms with Crippen molar-refractivity contribution in [3.8, 4) is 0 Å². The average molecular weight is 192 g/mol. The van der Waals surface area contributed by atoms with Crippen LogP contribution in [-0.2, 0) is 7.05 Å². The molecule has 0 bridgehead atoms. The Kier molecular flexibility index (Phi) is 1.63. The number of carboxylic acid groups (broad SMARTS) is 1. The first-order valence-electron chi connectivity index (χ1n) is 3.92. The molecule has 1 aromatic heterocycles. The number of hydrogen-bond acceptors (Lipinski definition) is 4. The van der Waals surface area contributed by atoms with Gasteiger partial charge in [0.1, 0.15) is 5.52 Å². The summed E-state index contributed by atoms with van der Waals surface area (Å²) in [4.78, 5) is 10.7. The van der Waals surface area contributed by atoms with Crippen molar-refractivity contribution in [3.63, 3.8) is 0 Å². The Morgan fingerprint density at radius 1 is 1.57 bits per heavy atom. The van der Waals surface area contributed by atoms with Crippen LogP contribution in [0.4, 0.5) is 5.69 Å². The van der Waals surface area contributed by atoms with Crippen LogP contribution in [0.25, 0.3) is 11.0 Å². The maximum absolute atomic E-state index is 10.7. The predicted octanol–water partition coefficient (Wildman–Crippen LogP) is 0.249. The van der Waals surface area contributed by atoms with Crippen molar-refractivity contribution >= 4 is 22.7 Å². The van der Waals surface area contributed by atoms with Gasteiger partial charge in [0.05, 0.1) is 11.1 Å². The van der Waals surface area contributed by atoms with Gasteiger partial charge < -0.3 is 10.8 Å². The first-order chi connectivity index (χ1) is 6.59. The van der Waals surface area contributed by atoms with Gasteiger partial charge in [-0.25, -0.2) is 9.48 Å². The fourth-order valence-corrected chi connectivity index (χ4v) is 1.28. The number of benzene rings is 1. The maximum atomic E-state index is 10.7. The number of nitrogen functional groups attached to an aromatic ring is 1. The number of nitrogens with two attached hydrogens (primary N) is 1. The van der Waals surface area contributed by atoms with Gasteiger partial charge in [0.2, 0.25) is 0 Å². The van der Waals surface area contributed by atoms with Gasteiger partial charge in [-0.05, 0) is 12.1 Å². The van der Waals surface area contributed by atoms with E-state index in [2.05, 4.69) is 10.3 Å². The third-order valence-corrected chi connectivity index (χ3v) is 2.01. The van der Waals surface area contributed by atoms with Crippen LogP contribution in [0.3, 0.4) is 0 Å². The summed E-state index contributed by atoms with van der Waals surface area (Å²) in [6.07, 6.45) is 0. The molecule has 0 saturated carbocycles. The Morgan fingerprint density at radius 3 is 2.93 bits per heavy atom. The number of aromatic nitrogens is 3. The fraction of sp³-hybridized carbons (Fsp3) is 0.125. The van der Waals surface area contributed by atoms with E-state index in [-0.39, 0.29) is 11.3 Å². The smallest absolute Gasteiger partial charge is 0.337 e. The Bertz CT molecular complexity index is 517. The van der Waals surface area contributed by atoms with Crippen molar-refractivity contribution in [1.82, 2.24) is 15.0 Å². The van der Waals surface area contributed by atoms with Crippen LogP contribution in [0.1, 0.15) is 10.4 Å². The number of anilines is 1. The number of nitrogens with zero attached hydrogens (tertiary/aromatic N) is 3. The molecule has 0 aliphatic carbocycles. The quantitative estimate of drug-likeness (QED) is 0.631. The third-order valence-electron chi connectivity index (χ3n) is 2.01. The van der Waals surface area contributed by atoms with Crippen LogP contribution < -0.4 is 5.73 Å². The third kappa shape index (κ3) is 1.08. The molecule has 0 amide bonds. The molecule has 72 valence electrons. The van der Waals surface area contributed by atoms with Gasteiger partial charge >= 0.3 is 5.97 Å². The first-order valence-corrected chi connectivity index (χ1v) is 3.92. The summed E-state index contributed by atoms with van der Waals surface area (Å²) in [6.45, 7) is 0. The molecular formula is C8H8N4O2. The summed E-state index contributed by atoms with van der Waals surface area (Å²) in [5.74, 6) is -1.06. The van der Waals surface area contributed by atoms with Crippen LogP contribution in [0.5, 0.6) is 0 Å². The summed E-state index contributed by atoms with van der Waals surface area (Å²) < 4.78 is 1.54. The highest BCUT2D eigenvalue weighted by molar-refractivity contribution is 5.98. The van der Waals surface area contributed by atoms with Gasteiger partial charge in [-0.15, -0.1) is 5.10 Å². The second-order valence-electron chi connectivity index (χ2n) is 2.95. The molecule has 2 aromatic rings. The molecule has 0 unspecified atom stereocenters. The van der Waals surface area contributed by atoms with E-state index in [0.29, 0.717) is 11.0 Å². The minimum atomic E-state index is -1.06. The molecule has 14 heavy (non-hydrogen) atoms. The SMILES string of the molecule is Cn1nnc2cc(C(=O)O)c(N)cc21. The lowest BCUT2D eigenvalue weighted by Gasteiger charge is -2.00. The number of aromatic carboxylic acids is 1. The Labute approximate surface area is 78.9 Å². The van der Waals surface area contributed by atoms with Crippen molar-refractivity contribution in [2.24, 2.45) is 7.05 Å². The molecule has 0 aliphatic rings. The number of rotatable bonds is 1. The lowest BCUT2D eigenvalue weighted by molar-refractivity contribution is 0.0698. The summed E-state index contributed by atoms with van der Waals surface area (Å²) in [6, 6.07) is 2.97. The summed E-state index contributed by atoms with van der Waals surface area (Å²) in [5, 5.41) is 16.3. The van der Waals surface area contributed by atoms with Crippen molar-refractivity contribution in [2.45, 2.75) is 0 Å². The highest BCUT2D eigenvalue weighted by Crippen LogP contribution is 2.19. The van der Waals surface area contributed by atoms with Gasteiger partial charge in [-0.2, -0.15) is 0 Å². The van der Waals surface area contributed by atoms with E-state index in [4.69, 9.17) is 10.8 Å². The largest absolute Gasteiger partial charge is 0.478 e. The van der Waals surface area contributed by atoms with Crippen molar-refractivity contribution in [3.05, 3.63) is 17.7 Å². The number of hydrogen-bond donors (Lipinski definition) is 2. The van der Waals surface area contributed by atoms with E-state index < -0.39 is 5.97 Å². The molecule has 0 saturated heterocycles. The van der Waals surface area contributed by atoms with Crippen molar-refractivity contribution < 1.29 is 9.90 Å². The topological polar surface area (TPSA) is 94.0 Å². The molecule has 2 rings (SSSR count). The lowest BCUT2D eigenvalue weighted by atomic mass is 10.1. The number of fused-ring (bicyclic) bond motifs is 1. The molecule has 6 nitrogen and oxygen atoms in total. The van der Waals surface area contributed by atoms with E-state index in [9.17, 15) is 4.79 Å². The van der Waals surface area contributed by atoms with Gasteiger partial charge in [0, 0.05) is 12.7 Å².